The van der Waals surface area contributed by atoms with Crippen molar-refractivity contribution in [3.05, 3.63) is 68.7 Å². The molecule has 0 bridgehead atoms. The van der Waals surface area contributed by atoms with Gasteiger partial charge >= 0.3 is 0 Å². The van der Waals surface area contributed by atoms with Crippen LogP contribution < -0.4 is 5.32 Å². The summed E-state index contributed by atoms with van der Waals surface area (Å²) in [7, 11) is 1.97. The fourth-order valence-corrected chi connectivity index (χ4v) is 3.59. The van der Waals surface area contributed by atoms with Crippen LogP contribution in [0.15, 0.2) is 36.4 Å². The molecule has 0 spiro atoms. The van der Waals surface area contributed by atoms with Gasteiger partial charge in [-0.3, -0.25) is 0 Å². The minimum atomic E-state index is 0. The quantitative estimate of drug-likeness (QED) is 0.763. The number of nitrogens with one attached hydrogen (secondary N) is 1. The van der Waals surface area contributed by atoms with E-state index in [0.29, 0.717) is 27.6 Å². The normalized spacial score (nSPS) is 19.4. The zero-order valence-electron chi connectivity index (χ0n) is 12.6. The molecule has 0 fully saturated rings. The van der Waals surface area contributed by atoms with E-state index in [9.17, 15) is 0 Å². The summed E-state index contributed by atoms with van der Waals surface area (Å²) in [5.41, 5.74) is 4.36. The van der Waals surface area contributed by atoms with Gasteiger partial charge in [0.15, 0.2) is 0 Å². The first-order valence-electron chi connectivity index (χ1n) is 7.30. The summed E-state index contributed by atoms with van der Waals surface area (Å²) in [4.78, 5) is 0. The van der Waals surface area contributed by atoms with Crippen LogP contribution in [-0.4, -0.2) is 7.05 Å². The van der Waals surface area contributed by atoms with E-state index in [1.807, 2.05) is 37.4 Å². The van der Waals surface area contributed by atoms with Gasteiger partial charge in [-0.25, -0.2) is 0 Å². The second-order valence-electron chi connectivity index (χ2n) is 5.60. The summed E-state index contributed by atoms with van der Waals surface area (Å²) in [6.07, 6.45) is 2.08. The van der Waals surface area contributed by atoms with E-state index in [1.165, 1.54) is 16.7 Å². The van der Waals surface area contributed by atoms with Crippen LogP contribution in [0.25, 0.3) is 0 Å². The van der Waals surface area contributed by atoms with Crippen LogP contribution in [0.2, 0.25) is 10.0 Å². The molecule has 2 atom stereocenters. The van der Waals surface area contributed by atoms with Gasteiger partial charge in [0.05, 0.1) is 21.7 Å². The number of rotatable bonds is 2. The lowest BCUT2D eigenvalue weighted by Gasteiger charge is -2.32. The van der Waals surface area contributed by atoms with Crippen molar-refractivity contribution in [1.82, 2.24) is 5.32 Å². The minimum Gasteiger partial charge on any atom is -0.313 e. The zero-order chi connectivity index (χ0) is 15.7. The molecule has 0 amide bonds. The number of fused-ring (bicyclic) bond motifs is 1. The summed E-state index contributed by atoms with van der Waals surface area (Å²) < 4.78 is 0. The molecule has 23 heavy (non-hydrogen) atoms. The highest BCUT2D eigenvalue weighted by Gasteiger charge is 2.28. The van der Waals surface area contributed by atoms with Gasteiger partial charge in [0.25, 0.3) is 0 Å². The third-order valence-electron chi connectivity index (χ3n) is 4.41. The van der Waals surface area contributed by atoms with E-state index in [0.717, 1.165) is 12.8 Å². The summed E-state index contributed by atoms with van der Waals surface area (Å²) in [5.74, 6) is 0.294. The Hall–Kier alpha value is -1.24. The molecule has 2 aromatic carbocycles. The predicted molar refractivity (Wildman–Crippen MR) is 97.7 cm³/mol. The number of benzene rings is 2. The Bertz CT molecular complexity index is 752. The maximum Gasteiger partial charge on any atom is 0.0991 e. The smallest absolute Gasteiger partial charge is 0.0991 e. The van der Waals surface area contributed by atoms with Crippen molar-refractivity contribution < 1.29 is 0 Å². The molecular weight excluding hydrogens is 351 g/mol. The Morgan fingerprint density at radius 1 is 1.04 bits per heavy atom. The molecule has 0 saturated carbocycles. The molecule has 5 heteroatoms. The molecule has 1 N–H and O–H groups in total. The van der Waals surface area contributed by atoms with Crippen molar-refractivity contribution in [2.45, 2.75) is 24.8 Å². The maximum absolute atomic E-state index is 9.15. The van der Waals surface area contributed by atoms with Crippen molar-refractivity contribution in [3.63, 3.8) is 0 Å². The fourth-order valence-electron chi connectivity index (χ4n) is 3.28. The Morgan fingerprint density at radius 3 is 2.48 bits per heavy atom. The first-order chi connectivity index (χ1) is 10.6. The van der Waals surface area contributed by atoms with Crippen molar-refractivity contribution in [3.8, 4) is 6.07 Å². The second-order valence-corrected chi connectivity index (χ2v) is 6.41. The Kier molecular flexibility index (Phi) is 5.95. The number of hydrogen-bond donors (Lipinski definition) is 1. The molecule has 0 radical (unpaired) electrons. The first-order valence-corrected chi connectivity index (χ1v) is 8.05. The number of halogens is 3. The molecule has 0 saturated heterocycles. The van der Waals surface area contributed by atoms with Gasteiger partial charge in [0.1, 0.15) is 0 Å². The van der Waals surface area contributed by atoms with E-state index < -0.39 is 0 Å². The molecule has 0 unspecified atom stereocenters. The summed E-state index contributed by atoms with van der Waals surface area (Å²) in [5, 5.41) is 13.7. The lowest BCUT2D eigenvalue weighted by Crippen LogP contribution is -2.24. The number of nitrogens with zero attached hydrogens (tertiary/aromatic N) is 1. The molecule has 120 valence electrons. The minimum absolute atomic E-state index is 0. The summed E-state index contributed by atoms with van der Waals surface area (Å²) in [6.45, 7) is 0. The molecule has 1 aliphatic carbocycles. The van der Waals surface area contributed by atoms with Gasteiger partial charge < -0.3 is 5.32 Å². The van der Waals surface area contributed by atoms with E-state index >= 15 is 0 Å². The monoisotopic (exact) mass is 366 g/mol. The second kappa shape index (κ2) is 7.55. The van der Waals surface area contributed by atoms with Gasteiger partial charge in [0, 0.05) is 12.0 Å². The fraction of sp³-hybridized carbons (Fsp3) is 0.278. The molecule has 2 aromatic rings. The topological polar surface area (TPSA) is 35.8 Å². The maximum atomic E-state index is 9.15. The number of nitriles is 1. The Morgan fingerprint density at radius 2 is 1.83 bits per heavy atom. The third kappa shape index (κ3) is 3.49. The summed E-state index contributed by atoms with van der Waals surface area (Å²) in [6, 6.07) is 14.3. The Labute approximate surface area is 152 Å². The van der Waals surface area contributed by atoms with E-state index in [-0.39, 0.29) is 12.4 Å². The zero-order valence-corrected chi connectivity index (χ0v) is 15.0. The molecule has 3 rings (SSSR count). The van der Waals surface area contributed by atoms with Crippen LogP contribution >= 0.6 is 35.6 Å². The molecule has 0 heterocycles. The Balaban J connectivity index is 0.00000192. The highest BCUT2D eigenvalue weighted by Crippen LogP contribution is 2.42. The largest absolute Gasteiger partial charge is 0.313 e. The van der Waals surface area contributed by atoms with E-state index in [1.54, 1.807) is 0 Å². The highest BCUT2D eigenvalue weighted by molar-refractivity contribution is 6.42. The molecule has 0 aromatic heterocycles. The van der Waals surface area contributed by atoms with Gasteiger partial charge in [-0.15, -0.1) is 12.4 Å². The average molecular weight is 368 g/mol. The van der Waals surface area contributed by atoms with E-state index in [2.05, 4.69) is 17.5 Å². The summed E-state index contributed by atoms with van der Waals surface area (Å²) >= 11 is 12.2. The van der Waals surface area contributed by atoms with Crippen LogP contribution in [-0.2, 0) is 0 Å². The van der Waals surface area contributed by atoms with Crippen LogP contribution in [0, 0.1) is 11.3 Å². The van der Waals surface area contributed by atoms with Crippen LogP contribution in [0.4, 0.5) is 0 Å². The van der Waals surface area contributed by atoms with Crippen molar-refractivity contribution in [1.29, 1.82) is 5.26 Å². The van der Waals surface area contributed by atoms with Crippen LogP contribution in [0.3, 0.4) is 0 Å². The lowest BCUT2D eigenvalue weighted by atomic mass is 9.76. The van der Waals surface area contributed by atoms with Gasteiger partial charge in [-0.05, 0) is 60.8 Å². The van der Waals surface area contributed by atoms with Gasteiger partial charge in [-0.1, -0.05) is 35.3 Å². The lowest BCUT2D eigenvalue weighted by molar-refractivity contribution is 0.470. The highest BCUT2D eigenvalue weighted by atomic mass is 35.5. The van der Waals surface area contributed by atoms with Crippen molar-refractivity contribution in [2.24, 2.45) is 0 Å². The molecule has 1 aliphatic rings. The van der Waals surface area contributed by atoms with Crippen LogP contribution in [0.1, 0.15) is 47.1 Å². The van der Waals surface area contributed by atoms with Crippen molar-refractivity contribution >= 4 is 35.6 Å². The predicted octanol–water partition coefficient (Wildman–Crippen LogP) is 5.47. The standard InChI is InChI=1S/C18H16Cl2N2.ClH/c1-22-18-7-5-13(12-3-6-16(19)17(20)9-12)14-4-2-11(10-21)8-15(14)18;/h2-4,6,8-9,13,18,22H,5,7H2,1H3;1H/t13-,18-;/m0./s1. The van der Waals surface area contributed by atoms with Gasteiger partial charge in [0.2, 0.25) is 0 Å². The average Bonchev–Trinajstić information content (AvgIpc) is 2.55. The first kappa shape index (κ1) is 18.1. The van der Waals surface area contributed by atoms with Gasteiger partial charge in [-0.2, -0.15) is 5.26 Å². The molecular formula is C18H17Cl3N2. The van der Waals surface area contributed by atoms with Crippen molar-refractivity contribution in [2.75, 3.05) is 7.05 Å². The number of hydrogen-bond acceptors (Lipinski definition) is 2. The van der Waals surface area contributed by atoms with E-state index in [4.69, 9.17) is 28.5 Å². The third-order valence-corrected chi connectivity index (χ3v) is 5.14. The molecule has 0 aliphatic heterocycles. The molecule has 2 nitrogen and oxygen atoms in total. The SMILES string of the molecule is CN[C@H]1CC[C@@H](c2ccc(Cl)c(Cl)c2)c2ccc(C#N)cc21.Cl. The van der Waals surface area contributed by atoms with Crippen LogP contribution in [0.5, 0.6) is 0 Å².